The van der Waals surface area contributed by atoms with Crippen LogP contribution in [0.5, 0.6) is 5.88 Å². The van der Waals surface area contributed by atoms with Crippen molar-refractivity contribution in [1.29, 1.82) is 0 Å². The lowest BCUT2D eigenvalue weighted by atomic mass is 10.1. The predicted molar refractivity (Wildman–Crippen MR) is 67.2 cm³/mol. The second-order valence-electron chi connectivity index (χ2n) is 4.62. The molecular formula is C13H17N3O. The van der Waals surface area contributed by atoms with Crippen LogP contribution in [0.2, 0.25) is 0 Å². The Morgan fingerprint density at radius 3 is 3.18 bits per heavy atom. The van der Waals surface area contributed by atoms with E-state index in [0.717, 1.165) is 36.5 Å². The maximum absolute atomic E-state index is 5.85. The van der Waals surface area contributed by atoms with Crippen LogP contribution in [0, 0.1) is 5.92 Å². The van der Waals surface area contributed by atoms with E-state index in [1.807, 2.05) is 23.9 Å². The Morgan fingerprint density at radius 2 is 2.35 bits per heavy atom. The first kappa shape index (κ1) is 10.6. The topological polar surface area (TPSA) is 39.1 Å². The maximum atomic E-state index is 5.85. The van der Waals surface area contributed by atoms with Crippen molar-refractivity contribution in [3.05, 3.63) is 24.3 Å². The summed E-state index contributed by atoms with van der Waals surface area (Å²) in [5.41, 5.74) is 1.12. The van der Waals surface area contributed by atoms with Gasteiger partial charge in [0, 0.05) is 19.5 Å². The van der Waals surface area contributed by atoms with Crippen LogP contribution in [-0.2, 0) is 7.05 Å². The Balaban J connectivity index is 1.80. The number of aromatic nitrogens is 2. The molecule has 1 unspecified atom stereocenters. The van der Waals surface area contributed by atoms with Gasteiger partial charge in [-0.2, -0.15) is 0 Å². The van der Waals surface area contributed by atoms with E-state index in [4.69, 9.17) is 4.74 Å². The fourth-order valence-corrected chi connectivity index (χ4v) is 2.34. The number of aryl methyl sites for hydroxylation is 1. The number of ether oxygens (including phenoxy) is 1. The predicted octanol–water partition coefficient (Wildman–Crippen LogP) is 1.56. The van der Waals surface area contributed by atoms with E-state index in [2.05, 4.69) is 22.5 Å². The third-order valence-electron chi connectivity index (χ3n) is 3.34. The lowest BCUT2D eigenvalue weighted by Gasteiger charge is -2.08. The third kappa shape index (κ3) is 2.00. The fourth-order valence-electron chi connectivity index (χ4n) is 2.34. The van der Waals surface area contributed by atoms with Crippen molar-refractivity contribution in [3.63, 3.8) is 0 Å². The molecule has 4 nitrogen and oxygen atoms in total. The van der Waals surface area contributed by atoms with Gasteiger partial charge < -0.3 is 10.1 Å². The van der Waals surface area contributed by atoms with Crippen LogP contribution >= 0.6 is 0 Å². The Labute approximate surface area is 101 Å². The SMILES string of the molecule is Cn1nc(OCC2CCNC2)c2ccccc21. The molecule has 0 aliphatic carbocycles. The van der Waals surface area contributed by atoms with Gasteiger partial charge in [0.05, 0.1) is 17.5 Å². The molecule has 1 saturated heterocycles. The van der Waals surface area contributed by atoms with Crippen LogP contribution in [0.15, 0.2) is 24.3 Å². The van der Waals surface area contributed by atoms with E-state index < -0.39 is 0 Å². The molecule has 1 fully saturated rings. The van der Waals surface area contributed by atoms with Crippen molar-refractivity contribution in [2.24, 2.45) is 13.0 Å². The monoisotopic (exact) mass is 231 g/mol. The Kier molecular flexibility index (Phi) is 2.73. The Hall–Kier alpha value is -1.55. The molecule has 0 amide bonds. The smallest absolute Gasteiger partial charge is 0.240 e. The largest absolute Gasteiger partial charge is 0.476 e. The standard InChI is InChI=1S/C13H17N3O/c1-16-12-5-3-2-4-11(12)13(15-16)17-9-10-6-7-14-8-10/h2-5,10,14H,6-9H2,1H3. The van der Waals surface area contributed by atoms with Crippen LogP contribution < -0.4 is 10.1 Å². The normalized spacial score (nSPS) is 19.9. The molecule has 17 heavy (non-hydrogen) atoms. The summed E-state index contributed by atoms with van der Waals surface area (Å²) in [5, 5.41) is 8.87. The highest BCUT2D eigenvalue weighted by Gasteiger charge is 2.16. The molecule has 0 saturated carbocycles. The number of hydrogen-bond donors (Lipinski definition) is 1. The molecule has 0 bridgehead atoms. The molecule has 1 aromatic carbocycles. The lowest BCUT2D eigenvalue weighted by Crippen LogP contribution is -2.15. The van der Waals surface area contributed by atoms with Gasteiger partial charge in [0.2, 0.25) is 5.88 Å². The Morgan fingerprint density at radius 1 is 1.47 bits per heavy atom. The highest BCUT2D eigenvalue weighted by Crippen LogP contribution is 2.24. The molecule has 4 heteroatoms. The number of nitrogens with zero attached hydrogens (tertiary/aromatic N) is 2. The first-order valence-electron chi connectivity index (χ1n) is 6.10. The molecule has 1 aliphatic rings. The average molecular weight is 231 g/mol. The highest BCUT2D eigenvalue weighted by molar-refractivity contribution is 5.84. The van der Waals surface area contributed by atoms with Crippen LogP contribution in [0.25, 0.3) is 10.9 Å². The number of fused-ring (bicyclic) bond motifs is 1. The summed E-state index contributed by atoms with van der Waals surface area (Å²) in [6.45, 7) is 2.93. The summed E-state index contributed by atoms with van der Waals surface area (Å²) in [5.74, 6) is 1.38. The van der Waals surface area contributed by atoms with Gasteiger partial charge in [0.15, 0.2) is 0 Å². The van der Waals surface area contributed by atoms with Gasteiger partial charge in [-0.3, -0.25) is 4.68 Å². The summed E-state index contributed by atoms with van der Waals surface area (Å²) in [4.78, 5) is 0. The van der Waals surface area contributed by atoms with Crippen LogP contribution in [0.4, 0.5) is 0 Å². The number of benzene rings is 1. The second kappa shape index (κ2) is 4.37. The van der Waals surface area contributed by atoms with Crippen molar-refractivity contribution in [3.8, 4) is 5.88 Å². The summed E-state index contributed by atoms with van der Waals surface area (Å²) in [6.07, 6.45) is 1.20. The number of hydrogen-bond acceptors (Lipinski definition) is 3. The first-order valence-corrected chi connectivity index (χ1v) is 6.10. The highest BCUT2D eigenvalue weighted by atomic mass is 16.5. The van der Waals surface area contributed by atoms with Crippen molar-refractivity contribution < 1.29 is 4.74 Å². The van der Waals surface area contributed by atoms with Crippen LogP contribution in [0.1, 0.15) is 6.42 Å². The summed E-state index contributed by atoms with van der Waals surface area (Å²) in [7, 11) is 1.95. The minimum absolute atomic E-state index is 0.621. The molecule has 0 spiro atoms. The van der Waals surface area contributed by atoms with Gasteiger partial charge in [0.25, 0.3) is 0 Å². The molecule has 0 radical (unpaired) electrons. The van der Waals surface area contributed by atoms with Gasteiger partial charge in [-0.25, -0.2) is 0 Å². The molecule has 2 aromatic rings. The maximum Gasteiger partial charge on any atom is 0.240 e. The van der Waals surface area contributed by atoms with Crippen molar-refractivity contribution in [2.75, 3.05) is 19.7 Å². The summed E-state index contributed by atoms with van der Waals surface area (Å²) >= 11 is 0. The van der Waals surface area contributed by atoms with E-state index in [9.17, 15) is 0 Å². The van der Waals surface area contributed by atoms with Crippen molar-refractivity contribution >= 4 is 10.9 Å². The quantitative estimate of drug-likeness (QED) is 0.871. The van der Waals surface area contributed by atoms with Crippen molar-refractivity contribution in [2.45, 2.75) is 6.42 Å². The third-order valence-corrected chi connectivity index (χ3v) is 3.34. The van der Waals surface area contributed by atoms with Gasteiger partial charge in [-0.05, 0) is 25.1 Å². The summed E-state index contributed by atoms with van der Waals surface area (Å²) < 4.78 is 7.72. The second-order valence-corrected chi connectivity index (χ2v) is 4.62. The molecule has 90 valence electrons. The average Bonchev–Trinajstić information content (AvgIpc) is 2.96. The molecule has 1 aliphatic heterocycles. The van der Waals surface area contributed by atoms with Crippen molar-refractivity contribution in [1.82, 2.24) is 15.1 Å². The zero-order valence-corrected chi connectivity index (χ0v) is 10.0. The number of para-hydroxylation sites is 1. The van der Waals surface area contributed by atoms with E-state index in [0.29, 0.717) is 5.92 Å². The molecular weight excluding hydrogens is 214 g/mol. The Bertz CT molecular complexity index is 514. The lowest BCUT2D eigenvalue weighted by molar-refractivity contribution is 0.251. The number of nitrogens with one attached hydrogen (secondary N) is 1. The van der Waals surface area contributed by atoms with Gasteiger partial charge in [-0.1, -0.05) is 12.1 Å². The minimum Gasteiger partial charge on any atom is -0.476 e. The zero-order chi connectivity index (χ0) is 11.7. The van der Waals surface area contributed by atoms with Gasteiger partial charge in [0.1, 0.15) is 0 Å². The zero-order valence-electron chi connectivity index (χ0n) is 10.0. The van der Waals surface area contributed by atoms with Gasteiger partial charge >= 0.3 is 0 Å². The van der Waals surface area contributed by atoms with E-state index >= 15 is 0 Å². The minimum atomic E-state index is 0.621. The molecule has 1 aromatic heterocycles. The molecule has 1 N–H and O–H groups in total. The van der Waals surface area contributed by atoms with Gasteiger partial charge in [-0.15, -0.1) is 5.10 Å². The van der Waals surface area contributed by atoms with E-state index in [1.165, 1.54) is 6.42 Å². The van der Waals surface area contributed by atoms with Crippen LogP contribution in [-0.4, -0.2) is 29.5 Å². The first-order chi connectivity index (χ1) is 8.34. The number of rotatable bonds is 3. The fraction of sp³-hybridized carbons (Fsp3) is 0.462. The van der Waals surface area contributed by atoms with E-state index in [-0.39, 0.29) is 0 Å². The summed E-state index contributed by atoms with van der Waals surface area (Å²) in [6, 6.07) is 8.17. The van der Waals surface area contributed by atoms with E-state index in [1.54, 1.807) is 0 Å². The molecule has 1 atom stereocenters. The van der Waals surface area contributed by atoms with Crippen LogP contribution in [0.3, 0.4) is 0 Å². The molecule has 3 rings (SSSR count). The molecule has 2 heterocycles.